The summed E-state index contributed by atoms with van der Waals surface area (Å²) in [6.07, 6.45) is 7.08. The van der Waals surface area contributed by atoms with Crippen LogP contribution >= 0.6 is 0 Å². The van der Waals surface area contributed by atoms with Crippen LogP contribution in [0.3, 0.4) is 0 Å². The molecule has 0 fully saturated rings. The summed E-state index contributed by atoms with van der Waals surface area (Å²) < 4.78 is 7.57. The monoisotopic (exact) mass is 875 g/mol. The maximum Gasteiger partial charge on any atom is 0.257 e. The first-order valence-electron chi connectivity index (χ1n) is 25.4. The zero-order valence-electron chi connectivity index (χ0n) is 43.6. The molecule has 0 atom stereocenters. The standard InChI is InChI=1S/C62H75BN2O/c1-36-28-50-54-51(29-36)65(49-34-45-42(30-37(49)2)58(8,9)24-26-61(45,14)15)48-21-18-38(56(3,4)5)31-47(48)63(54)53-40-33-44-46(62(16,17)27-25-60(44,12)13)35-52(40)66-55(53)64(50)39-19-20-41-43(32-39)59(10,11)23-22-57(41,6)7/h18-21,28-35H,22-27H2,1-17H3. The van der Waals surface area contributed by atoms with Gasteiger partial charge in [0.2, 0.25) is 5.88 Å². The predicted molar refractivity (Wildman–Crippen MR) is 284 cm³/mol. The van der Waals surface area contributed by atoms with Crippen LogP contribution in [0.4, 0.5) is 34.3 Å². The summed E-state index contributed by atoms with van der Waals surface area (Å²) in [7, 11) is 0. The largest absolute Gasteiger partial charge is 0.440 e. The molecule has 3 aliphatic carbocycles. The first kappa shape index (κ1) is 43.8. The Morgan fingerprint density at radius 1 is 0.470 bits per heavy atom. The van der Waals surface area contributed by atoms with Crippen molar-refractivity contribution in [3.8, 4) is 0 Å². The summed E-state index contributed by atoms with van der Waals surface area (Å²) >= 11 is 0. The Bertz CT molecular complexity index is 3070. The van der Waals surface area contributed by atoms with Crippen LogP contribution < -0.4 is 26.2 Å². The molecule has 11 rings (SSSR count). The number of fused-ring (bicyclic) bond motifs is 9. The van der Waals surface area contributed by atoms with Crippen LogP contribution in [0.25, 0.3) is 11.0 Å². The SMILES string of the molecule is Cc1cc2c3c(c1)N(c1ccc4c(c1)C(C)(C)CCC4(C)C)c1oc4cc5c(cc4c1B3c1cc(C(C)(C)C)ccc1N2c1cc2c(cc1C)C(C)(C)CCC2(C)C)C(C)(C)CCC5(C)C. The highest BCUT2D eigenvalue weighted by atomic mass is 16.4. The van der Waals surface area contributed by atoms with Crippen LogP contribution in [0.5, 0.6) is 0 Å². The molecule has 0 N–H and O–H groups in total. The molecular formula is C62H75BN2O. The van der Waals surface area contributed by atoms with Gasteiger partial charge in [-0.25, -0.2) is 0 Å². The van der Waals surface area contributed by atoms with Crippen LogP contribution in [0.2, 0.25) is 0 Å². The zero-order valence-corrected chi connectivity index (χ0v) is 43.6. The van der Waals surface area contributed by atoms with E-state index in [2.05, 4.69) is 200 Å². The van der Waals surface area contributed by atoms with Gasteiger partial charge in [0.05, 0.1) is 0 Å². The second-order valence-electron chi connectivity index (χ2n) is 26.8. The molecule has 1 aromatic heterocycles. The molecule has 0 spiro atoms. The second kappa shape index (κ2) is 13.5. The average Bonchev–Trinajstić information content (AvgIpc) is 3.60. The van der Waals surface area contributed by atoms with E-state index in [1.807, 2.05) is 0 Å². The lowest BCUT2D eigenvalue weighted by Crippen LogP contribution is -2.61. The maximum absolute atomic E-state index is 7.57. The molecule has 6 aromatic rings. The van der Waals surface area contributed by atoms with Gasteiger partial charge in [0.25, 0.3) is 6.71 Å². The van der Waals surface area contributed by atoms with Crippen molar-refractivity contribution in [1.82, 2.24) is 0 Å². The molecular weight excluding hydrogens is 800 g/mol. The van der Waals surface area contributed by atoms with Crippen molar-refractivity contribution in [2.24, 2.45) is 0 Å². The van der Waals surface area contributed by atoms with Crippen LogP contribution in [-0.4, -0.2) is 6.71 Å². The fraction of sp³-hybridized carbons (Fsp3) is 0.484. The van der Waals surface area contributed by atoms with E-state index in [0.29, 0.717) is 0 Å². The third-order valence-electron chi connectivity index (χ3n) is 18.2. The Labute approximate surface area is 397 Å². The number of anilines is 6. The Kier molecular flexibility index (Phi) is 8.97. The van der Waals surface area contributed by atoms with Gasteiger partial charge in [-0.1, -0.05) is 128 Å². The number of aryl methyl sites for hydroxylation is 2. The van der Waals surface area contributed by atoms with E-state index in [-0.39, 0.29) is 44.6 Å². The fourth-order valence-electron chi connectivity index (χ4n) is 13.4. The third-order valence-corrected chi connectivity index (χ3v) is 18.2. The summed E-state index contributed by atoms with van der Waals surface area (Å²) in [4.78, 5) is 5.22. The van der Waals surface area contributed by atoms with Crippen LogP contribution in [0.1, 0.15) is 192 Å². The fourth-order valence-corrected chi connectivity index (χ4v) is 13.4. The number of rotatable bonds is 2. The summed E-state index contributed by atoms with van der Waals surface area (Å²) in [5.41, 5.74) is 24.6. The molecule has 342 valence electrons. The summed E-state index contributed by atoms with van der Waals surface area (Å²) in [6.45, 7) is 41.2. The molecule has 0 radical (unpaired) electrons. The predicted octanol–water partition coefficient (Wildman–Crippen LogP) is 15.5. The lowest BCUT2D eigenvalue weighted by Gasteiger charge is -2.46. The summed E-state index contributed by atoms with van der Waals surface area (Å²) in [5, 5.41) is 1.26. The molecule has 0 bridgehead atoms. The van der Waals surface area contributed by atoms with Crippen molar-refractivity contribution in [3.63, 3.8) is 0 Å². The molecule has 2 aliphatic heterocycles. The van der Waals surface area contributed by atoms with Crippen molar-refractivity contribution in [3.05, 3.63) is 123 Å². The lowest BCUT2D eigenvalue weighted by molar-refractivity contribution is 0.332. The maximum atomic E-state index is 7.57. The number of benzene rings is 5. The molecule has 5 aromatic carbocycles. The van der Waals surface area contributed by atoms with E-state index in [0.717, 1.165) is 11.5 Å². The van der Waals surface area contributed by atoms with Gasteiger partial charge in [0, 0.05) is 39.3 Å². The molecule has 0 unspecified atom stereocenters. The van der Waals surface area contributed by atoms with Gasteiger partial charge >= 0.3 is 0 Å². The van der Waals surface area contributed by atoms with E-state index < -0.39 is 0 Å². The van der Waals surface area contributed by atoms with Gasteiger partial charge < -0.3 is 9.32 Å². The molecule has 3 nitrogen and oxygen atoms in total. The van der Waals surface area contributed by atoms with Crippen molar-refractivity contribution >= 4 is 68.4 Å². The first-order valence-corrected chi connectivity index (χ1v) is 25.4. The van der Waals surface area contributed by atoms with Gasteiger partial charge in [-0.2, -0.15) is 0 Å². The van der Waals surface area contributed by atoms with E-state index in [4.69, 9.17) is 4.42 Å². The highest BCUT2D eigenvalue weighted by Crippen LogP contribution is 2.54. The van der Waals surface area contributed by atoms with E-state index in [1.54, 1.807) is 0 Å². The van der Waals surface area contributed by atoms with Crippen molar-refractivity contribution in [1.29, 1.82) is 0 Å². The smallest absolute Gasteiger partial charge is 0.257 e. The molecule has 5 aliphatic rings. The van der Waals surface area contributed by atoms with E-state index in [1.165, 1.54) is 139 Å². The topological polar surface area (TPSA) is 19.6 Å². The molecule has 3 heterocycles. The van der Waals surface area contributed by atoms with Crippen LogP contribution in [0, 0.1) is 13.8 Å². The van der Waals surface area contributed by atoms with Crippen LogP contribution in [-0.2, 0) is 37.9 Å². The Morgan fingerprint density at radius 3 is 1.55 bits per heavy atom. The Morgan fingerprint density at radius 2 is 0.970 bits per heavy atom. The van der Waals surface area contributed by atoms with E-state index in [9.17, 15) is 0 Å². The van der Waals surface area contributed by atoms with Gasteiger partial charge in [0.1, 0.15) is 5.58 Å². The molecule has 0 saturated carbocycles. The number of hydrogen-bond donors (Lipinski definition) is 0. The molecule has 0 amide bonds. The summed E-state index contributed by atoms with van der Waals surface area (Å²) in [5.74, 6) is 0.972. The quantitative estimate of drug-likeness (QED) is 0.161. The van der Waals surface area contributed by atoms with Gasteiger partial charge in [-0.3, -0.25) is 4.90 Å². The molecule has 4 heteroatoms. The Balaban J connectivity index is 1.27. The van der Waals surface area contributed by atoms with E-state index >= 15 is 0 Å². The zero-order chi connectivity index (χ0) is 47.2. The number of hydrogen-bond acceptors (Lipinski definition) is 3. The summed E-state index contributed by atoms with van der Waals surface area (Å²) in [6, 6.07) is 30.0. The highest BCUT2D eigenvalue weighted by molar-refractivity contribution is 7.01. The van der Waals surface area contributed by atoms with Crippen molar-refractivity contribution in [2.45, 2.75) is 194 Å². The second-order valence-corrected chi connectivity index (χ2v) is 26.8. The first-order chi connectivity index (χ1) is 30.6. The minimum absolute atomic E-state index is 0.0317. The highest BCUT2D eigenvalue weighted by Gasteiger charge is 2.49. The molecule has 0 saturated heterocycles. The van der Waals surface area contributed by atoms with Crippen LogP contribution in [0.15, 0.2) is 77.2 Å². The Hall–Kier alpha value is -4.70. The molecule has 66 heavy (non-hydrogen) atoms. The van der Waals surface area contributed by atoms with Gasteiger partial charge in [-0.15, -0.1) is 0 Å². The van der Waals surface area contributed by atoms with Gasteiger partial charge in [0.15, 0.2) is 0 Å². The lowest BCUT2D eigenvalue weighted by atomic mass is 9.33. The minimum Gasteiger partial charge on any atom is -0.440 e. The average molecular weight is 875 g/mol. The van der Waals surface area contributed by atoms with Gasteiger partial charge in [-0.05, 0) is 200 Å². The number of nitrogens with zero attached hydrogens (tertiary/aromatic N) is 2. The minimum atomic E-state index is -0.0338. The normalized spacial score (nSPS) is 21.1. The third kappa shape index (κ3) is 6.20. The van der Waals surface area contributed by atoms with Crippen molar-refractivity contribution in [2.75, 3.05) is 9.80 Å². The number of furan rings is 1. The van der Waals surface area contributed by atoms with Crippen molar-refractivity contribution < 1.29 is 4.42 Å².